The Balaban J connectivity index is 1.82. The van der Waals surface area contributed by atoms with E-state index in [9.17, 15) is 0 Å². The third-order valence-corrected chi connectivity index (χ3v) is 4.44. The van der Waals surface area contributed by atoms with Gasteiger partial charge in [-0.3, -0.25) is 0 Å². The molecule has 0 aliphatic carbocycles. The first-order chi connectivity index (χ1) is 12.1. The van der Waals surface area contributed by atoms with Gasteiger partial charge in [-0.05, 0) is 26.1 Å². The molecule has 134 valence electrons. The van der Waals surface area contributed by atoms with Crippen LogP contribution in [0.5, 0.6) is 5.75 Å². The summed E-state index contributed by atoms with van der Waals surface area (Å²) in [5, 5.41) is 3.48. The SMILES string of the molecule is CCOc1cc(N2CCN(C)CC2)ccc1Nc1ncc(Cl)c(N)n1. The van der Waals surface area contributed by atoms with E-state index >= 15 is 0 Å². The van der Waals surface area contributed by atoms with E-state index in [1.807, 2.05) is 13.0 Å². The summed E-state index contributed by atoms with van der Waals surface area (Å²) in [5.41, 5.74) is 7.68. The van der Waals surface area contributed by atoms with E-state index in [0.717, 1.165) is 43.3 Å². The topological polar surface area (TPSA) is 79.5 Å². The first kappa shape index (κ1) is 17.6. The smallest absolute Gasteiger partial charge is 0.229 e. The molecule has 2 heterocycles. The molecule has 8 heteroatoms. The summed E-state index contributed by atoms with van der Waals surface area (Å²) < 4.78 is 5.80. The molecule has 1 aliphatic rings. The summed E-state index contributed by atoms with van der Waals surface area (Å²) in [6, 6.07) is 6.11. The van der Waals surface area contributed by atoms with Crippen LogP contribution in [-0.2, 0) is 0 Å². The summed E-state index contributed by atoms with van der Waals surface area (Å²) >= 11 is 5.87. The van der Waals surface area contributed by atoms with Crippen LogP contribution in [0.1, 0.15) is 6.92 Å². The Kier molecular flexibility index (Phi) is 5.45. The molecule has 0 radical (unpaired) electrons. The average molecular weight is 363 g/mol. The lowest BCUT2D eigenvalue weighted by Gasteiger charge is -2.34. The van der Waals surface area contributed by atoms with E-state index in [2.05, 4.69) is 44.3 Å². The number of nitrogens with zero attached hydrogens (tertiary/aromatic N) is 4. The Morgan fingerprint density at radius 2 is 2.04 bits per heavy atom. The minimum atomic E-state index is 0.242. The molecule has 3 N–H and O–H groups in total. The van der Waals surface area contributed by atoms with Crippen molar-refractivity contribution in [2.45, 2.75) is 6.92 Å². The van der Waals surface area contributed by atoms with Gasteiger partial charge in [0, 0.05) is 37.9 Å². The van der Waals surface area contributed by atoms with Gasteiger partial charge in [-0.1, -0.05) is 11.6 Å². The van der Waals surface area contributed by atoms with Crippen molar-refractivity contribution in [3.05, 3.63) is 29.4 Å². The number of nitrogen functional groups attached to an aromatic ring is 1. The zero-order valence-corrected chi connectivity index (χ0v) is 15.3. The summed E-state index contributed by atoms with van der Waals surface area (Å²) in [6.07, 6.45) is 1.48. The lowest BCUT2D eigenvalue weighted by molar-refractivity contribution is 0.312. The maximum Gasteiger partial charge on any atom is 0.229 e. The predicted octanol–water partition coefficient (Wildman–Crippen LogP) is 2.61. The van der Waals surface area contributed by atoms with Gasteiger partial charge < -0.3 is 25.6 Å². The van der Waals surface area contributed by atoms with Gasteiger partial charge in [-0.25, -0.2) is 4.98 Å². The Morgan fingerprint density at radius 1 is 1.28 bits per heavy atom. The van der Waals surface area contributed by atoms with Crippen LogP contribution in [0.3, 0.4) is 0 Å². The Morgan fingerprint density at radius 3 is 2.72 bits per heavy atom. The molecule has 25 heavy (non-hydrogen) atoms. The molecule has 1 aromatic heterocycles. The largest absolute Gasteiger partial charge is 0.492 e. The van der Waals surface area contributed by atoms with Crippen molar-refractivity contribution >= 4 is 34.7 Å². The number of ether oxygens (including phenoxy) is 1. The number of piperazine rings is 1. The van der Waals surface area contributed by atoms with Gasteiger partial charge in [0.2, 0.25) is 5.95 Å². The zero-order chi connectivity index (χ0) is 17.8. The standard InChI is InChI=1S/C17H23ClN6O/c1-3-25-15-10-12(24-8-6-23(2)7-9-24)4-5-14(15)21-17-20-11-13(18)16(19)22-17/h4-5,10-11H,3,6-9H2,1-2H3,(H3,19,20,21,22). The van der Waals surface area contributed by atoms with Crippen LogP contribution in [0.15, 0.2) is 24.4 Å². The van der Waals surface area contributed by atoms with Gasteiger partial charge >= 0.3 is 0 Å². The fraction of sp³-hybridized carbons (Fsp3) is 0.412. The second-order valence-electron chi connectivity index (χ2n) is 5.96. The van der Waals surface area contributed by atoms with Gasteiger partial charge in [0.05, 0.1) is 18.5 Å². The van der Waals surface area contributed by atoms with E-state index < -0.39 is 0 Å². The van der Waals surface area contributed by atoms with Crippen molar-refractivity contribution < 1.29 is 4.74 Å². The van der Waals surface area contributed by atoms with Gasteiger partial charge in [-0.2, -0.15) is 4.98 Å². The number of hydrogen-bond donors (Lipinski definition) is 2. The third-order valence-electron chi connectivity index (χ3n) is 4.15. The van der Waals surface area contributed by atoms with Gasteiger partial charge in [-0.15, -0.1) is 0 Å². The number of halogens is 1. The monoisotopic (exact) mass is 362 g/mol. The van der Waals surface area contributed by atoms with Crippen molar-refractivity contribution in [1.29, 1.82) is 0 Å². The molecule has 0 saturated carbocycles. The number of aromatic nitrogens is 2. The summed E-state index contributed by atoms with van der Waals surface area (Å²) in [6.45, 7) is 6.66. The molecule has 0 bridgehead atoms. The van der Waals surface area contributed by atoms with Crippen molar-refractivity contribution in [2.75, 3.05) is 55.8 Å². The van der Waals surface area contributed by atoms with Crippen LogP contribution < -0.4 is 20.7 Å². The molecular weight excluding hydrogens is 340 g/mol. The molecule has 1 saturated heterocycles. The van der Waals surface area contributed by atoms with E-state index in [-0.39, 0.29) is 5.82 Å². The van der Waals surface area contributed by atoms with Crippen LogP contribution in [0.4, 0.5) is 23.1 Å². The molecule has 3 rings (SSSR count). The quantitative estimate of drug-likeness (QED) is 0.846. The van der Waals surface area contributed by atoms with Crippen LogP contribution >= 0.6 is 11.6 Å². The number of hydrogen-bond acceptors (Lipinski definition) is 7. The molecular formula is C17H23ClN6O. The molecule has 0 amide bonds. The van der Waals surface area contributed by atoms with Gasteiger partial charge in [0.25, 0.3) is 0 Å². The highest BCUT2D eigenvalue weighted by Crippen LogP contribution is 2.32. The first-order valence-electron chi connectivity index (χ1n) is 8.32. The molecule has 1 fully saturated rings. The predicted molar refractivity (Wildman–Crippen MR) is 102 cm³/mol. The molecule has 0 unspecified atom stereocenters. The third kappa shape index (κ3) is 4.24. The normalized spacial score (nSPS) is 15.2. The molecule has 7 nitrogen and oxygen atoms in total. The Bertz CT molecular complexity index is 733. The average Bonchev–Trinajstić information content (AvgIpc) is 2.60. The summed E-state index contributed by atoms with van der Waals surface area (Å²) in [5.74, 6) is 1.39. The molecule has 2 aromatic rings. The van der Waals surface area contributed by atoms with E-state index in [0.29, 0.717) is 17.6 Å². The lowest BCUT2D eigenvalue weighted by Crippen LogP contribution is -2.44. The Labute approximate surface area is 152 Å². The second kappa shape index (κ2) is 7.76. The summed E-state index contributed by atoms with van der Waals surface area (Å²) in [7, 11) is 2.15. The van der Waals surface area contributed by atoms with Crippen LogP contribution in [-0.4, -0.2) is 54.7 Å². The molecule has 0 atom stereocenters. The first-order valence-corrected chi connectivity index (χ1v) is 8.70. The fourth-order valence-corrected chi connectivity index (χ4v) is 2.80. The maximum atomic E-state index is 5.87. The van der Waals surface area contributed by atoms with E-state index in [1.165, 1.54) is 6.20 Å². The molecule has 1 aromatic carbocycles. The Hall–Kier alpha value is -2.25. The van der Waals surface area contributed by atoms with Crippen LogP contribution in [0.25, 0.3) is 0 Å². The zero-order valence-electron chi connectivity index (χ0n) is 14.5. The highest BCUT2D eigenvalue weighted by atomic mass is 35.5. The second-order valence-corrected chi connectivity index (χ2v) is 6.36. The van der Waals surface area contributed by atoms with Gasteiger partial charge in [0.15, 0.2) is 0 Å². The number of nitrogens with two attached hydrogens (primary N) is 1. The highest BCUT2D eigenvalue weighted by molar-refractivity contribution is 6.32. The number of rotatable bonds is 5. The maximum absolute atomic E-state index is 5.87. The number of anilines is 4. The number of nitrogens with one attached hydrogen (secondary N) is 1. The minimum absolute atomic E-state index is 0.242. The van der Waals surface area contributed by atoms with E-state index in [4.69, 9.17) is 22.1 Å². The number of benzene rings is 1. The van der Waals surface area contributed by atoms with Crippen molar-refractivity contribution in [2.24, 2.45) is 0 Å². The van der Waals surface area contributed by atoms with Crippen LogP contribution in [0.2, 0.25) is 5.02 Å². The van der Waals surface area contributed by atoms with Crippen molar-refractivity contribution in [1.82, 2.24) is 14.9 Å². The molecule has 0 spiro atoms. The molecule has 1 aliphatic heterocycles. The highest BCUT2D eigenvalue weighted by Gasteiger charge is 2.16. The van der Waals surface area contributed by atoms with E-state index in [1.54, 1.807) is 0 Å². The van der Waals surface area contributed by atoms with Crippen molar-refractivity contribution in [3.8, 4) is 5.75 Å². The summed E-state index contributed by atoms with van der Waals surface area (Å²) in [4.78, 5) is 13.0. The number of likely N-dealkylation sites (N-methyl/N-ethyl adjacent to an activating group) is 1. The lowest BCUT2D eigenvalue weighted by atomic mass is 10.2. The van der Waals surface area contributed by atoms with Crippen LogP contribution in [0, 0.1) is 0 Å². The van der Waals surface area contributed by atoms with Gasteiger partial charge in [0.1, 0.15) is 16.6 Å². The fourth-order valence-electron chi connectivity index (χ4n) is 2.71. The van der Waals surface area contributed by atoms with Crippen molar-refractivity contribution in [3.63, 3.8) is 0 Å². The minimum Gasteiger partial charge on any atom is -0.492 e.